The first-order valence-corrected chi connectivity index (χ1v) is 12.4. The minimum Gasteiger partial charge on any atom is -0.357 e. The molecule has 0 aliphatic rings. The third-order valence-electron chi connectivity index (χ3n) is 6.57. The van der Waals surface area contributed by atoms with E-state index in [1.54, 1.807) is 24.1 Å². The van der Waals surface area contributed by atoms with Crippen LogP contribution in [-0.2, 0) is 22.6 Å². The summed E-state index contributed by atoms with van der Waals surface area (Å²) < 4.78 is 13.6. The zero-order valence-corrected chi connectivity index (χ0v) is 20.9. The predicted molar refractivity (Wildman–Crippen MR) is 144 cm³/mol. The lowest BCUT2D eigenvalue weighted by atomic mass is 9.87. The molecule has 0 unspecified atom stereocenters. The molecule has 0 aromatic heterocycles. The maximum atomic E-state index is 14.1. The van der Waals surface area contributed by atoms with Crippen LogP contribution in [0.4, 0.5) is 4.39 Å². The highest BCUT2D eigenvalue weighted by atomic mass is 19.1. The summed E-state index contributed by atoms with van der Waals surface area (Å²) in [5, 5.41) is 2.74. The molecule has 2 amide bonds. The van der Waals surface area contributed by atoms with Crippen molar-refractivity contribution in [2.24, 2.45) is 0 Å². The van der Waals surface area contributed by atoms with Gasteiger partial charge in [-0.2, -0.15) is 0 Å². The molecule has 5 heteroatoms. The maximum Gasteiger partial charge on any atom is 0.242 e. The van der Waals surface area contributed by atoms with Gasteiger partial charge in [-0.15, -0.1) is 0 Å². The van der Waals surface area contributed by atoms with E-state index >= 15 is 0 Å². The molecule has 0 bridgehead atoms. The lowest BCUT2D eigenvalue weighted by Crippen LogP contribution is -2.50. The lowest BCUT2D eigenvalue weighted by molar-refractivity contribution is -0.141. The number of carbonyl (C=O) groups excluding carboxylic acids is 2. The van der Waals surface area contributed by atoms with Gasteiger partial charge >= 0.3 is 0 Å². The van der Waals surface area contributed by atoms with Crippen molar-refractivity contribution in [1.82, 2.24) is 10.2 Å². The van der Waals surface area contributed by atoms with Gasteiger partial charge in [0.05, 0.1) is 0 Å². The third kappa shape index (κ3) is 6.91. The Labute approximate surface area is 217 Å². The molecule has 1 atom stereocenters. The standard InChI is InChI=1S/C32H31FN2O2/c1-34-32(37)30(21-24-11-5-2-6-12-24)35(23-25-17-19-28(33)20-18-25)31(36)22-29(26-13-7-3-8-14-26)27-15-9-4-10-16-27/h2-20,29-30H,21-23H2,1H3,(H,34,37)/t30-/m0/s1. The molecule has 0 aliphatic carbocycles. The zero-order chi connectivity index (χ0) is 26.0. The molecule has 4 aromatic rings. The van der Waals surface area contributed by atoms with Gasteiger partial charge in [0.25, 0.3) is 0 Å². The summed E-state index contributed by atoms with van der Waals surface area (Å²) in [7, 11) is 1.58. The minimum atomic E-state index is -0.725. The molecule has 37 heavy (non-hydrogen) atoms. The number of amides is 2. The highest BCUT2D eigenvalue weighted by Crippen LogP contribution is 2.30. The summed E-state index contributed by atoms with van der Waals surface area (Å²) in [5.41, 5.74) is 3.77. The second-order valence-corrected chi connectivity index (χ2v) is 9.05. The van der Waals surface area contributed by atoms with E-state index in [0.717, 1.165) is 22.3 Å². The summed E-state index contributed by atoms with van der Waals surface area (Å²) in [6.07, 6.45) is 0.562. The fraction of sp³-hybridized carbons (Fsp3) is 0.188. The normalized spacial score (nSPS) is 11.6. The van der Waals surface area contributed by atoms with E-state index in [0.29, 0.717) is 6.42 Å². The molecule has 4 nitrogen and oxygen atoms in total. The quantitative estimate of drug-likeness (QED) is 0.306. The summed E-state index contributed by atoms with van der Waals surface area (Å²) >= 11 is 0. The van der Waals surface area contributed by atoms with Gasteiger partial charge in [-0.3, -0.25) is 9.59 Å². The molecule has 0 saturated heterocycles. The van der Waals surface area contributed by atoms with E-state index in [-0.39, 0.29) is 36.5 Å². The van der Waals surface area contributed by atoms with Gasteiger partial charge in [0.1, 0.15) is 11.9 Å². The van der Waals surface area contributed by atoms with Crippen molar-refractivity contribution in [2.75, 3.05) is 7.05 Å². The van der Waals surface area contributed by atoms with Crippen LogP contribution in [0.5, 0.6) is 0 Å². The number of nitrogens with one attached hydrogen (secondary N) is 1. The van der Waals surface area contributed by atoms with Crippen LogP contribution < -0.4 is 5.32 Å². The molecular weight excluding hydrogens is 463 g/mol. The number of hydrogen-bond donors (Lipinski definition) is 1. The molecular formula is C32H31FN2O2. The van der Waals surface area contributed by atoms with Crippen LogP contribution in [0.1, 0.15) is 34.6 Å². The van der Waals surface area contributed by atoms with Crippen LogP contribution >= 0.6 is 0 Å². The van der Waals surface area contributed by atoms with Gasteiger partial charge in [0, 0.05) is 32.4 Å². The summed E-state index contributed by atoms with van der Waals surface area (Å²) in [4.78, 5) is 28.9. The van der Waals surface area contributed by atoms with Crippen LogP contribution in [0.25, 0.3) is 0 Å². The van der Waals surface area contributed by atoms with Crippen molar-refractivity contribution >= 4 is 11.8 Å². The molecule has 188 valence electrons. The molecule has 0 saturated carbocycles. The maximum absolute atomic E-state index is 14.1. The van der Waals surface area contributed by atoms with Gasteiger partial charge in [0.2, 0.25) is 11.8 Å². The van der Waals surface area contributed by atoms with Gasteiger partial charge < -0.3 is 10.2 Å². The summed E-state index contributed by atoms with van der Waals surface area (Å²) in [5.74, 6) is -0.906. The van der Waals surface area contributed by atoms with E-state index < -0.39 is 6.04 Å². The number of benzene rings is 4. The van der Waals surface area contributed by atoms with Gasteiger partial charge in [-0.05, 0) is 34.4 Å². The number of carbonyl (C=O) groups is 2. The lowest BCUT2D eigenvalue weighted by Gasteiger charge is -2.32. The number of nitrogens with zero attached hydrogens (tertiary/aromatic N) is 1. The van der Waals surface area contributed by atoms with Crippen molar-refractivity contribution in [2.45, 2.75) is 31.3 Å². The minimum absolute atomic E-state index is 0.147. The van der Waals surface area contributed by atoms with E-state index in [9.17, 15) is 14.0 Å². The number of halogens is 1. The second-order valence-electron chi connectivity index (χ2n) is 9.05. The van der Waals surface area contributed by atoms with Crippen LogP contribution in [-0.4, -0.2) is 29.8 Å². The van der Waals surface area contributed by atoms with E-state index in [1.807, 2.05) is 91.0 Å². The van der Waals surface area contributed by atoms with E-state index in [1.165, 1.54) is 12.1 Å². The monoisotopic (exact) mass is 494 g/mol. The van der Waals surface area contributed by atoms with Gasteiger partial charge in [-0.25, -0.2) is 4.39 Å². The molecule has 0 aliphatic heterocycles. The Hall–Kier alpha value is -4.25. The number of likely N-dealkylation sites (N-methyl/N-ethyl adjacent to an activating group) is 1. The summed E-state index contributed by atoms with van der Waals surface area (Å²) in [6.45, 7) is 0.195. The number of rotatable bonds is 10. The SMILES string of the molecule is CNC(=O)[C@H](Cc1ccccc1)N(Cc1ccc(F)cc1)C(=O)CC(c1ccccc1)c1ccccc1. The summed E-state index contributed by atoms with van der Waals surface area (Å²) in [6, 6.07) is 34.9. The molecule has 0 spiro atoms. The third-order valence-corrected chi connectivity index (χ3v) is 6.57. The molecule has 0 heterocycles. The first-order chi connectivity index (χ1) is 18.0. The van der Waals surface area contributed by atoms with Crippen molar-refractivity contribution in [3.63, 3.8) is 0 Å². The number of hydrogen-bond acceptors (Lipinski definition) is 2. The topological polar surface area (TPSA) is 49.4 Å². The Balaban J connectivity index is 1.71. The van der Waals surface area contributed by atoms with E-state index in [2.05, 4.69) is 5.32 Å². The molecule has 4 rings (SSSR count). The Morgan fingerprint density at radius 3 is 1.76 bits per heavy atom. The molecule has 0 fully saturated rings. The first kappa shape index (κ1) is 25.8. The van der Waals surface area contributed by atoms with Crippen LogP contribution in [0.3, 0.4) is 0 Å². The highest BCUT2D eigenvalue weighted by molar-refractivity contribution is 5.88. The molecule has 0 radical (unpaired) electrons. The van der Waals surface area contributed by atoms with Gasteiger partial charge in [-0.1, -0.05) is 103 Å². The Morgan fingerprint density at radius 1 is 0.730 bits per heavy atom. The average molecular weight is 495 g/mol. The Kier molecular flexibility index (Phi) is 8.82. The predicted octanol–water partition coefficient (Wildman–Crippen LogP) is 5.73. The largest absolute Gasteiger partial charge is 0.357 e. The van der Waals surface area contributed by atoms with Gasteiger partial charge in [0.15, 0.2) is 0 Å². The Morgan fingerprint density at radius 2 is 1.24 bits per heavy atom. The van der Waals surface area contributed by atoms with Crippen molar-refractivity contribution in [3.8, 4) is 0 Å². The first-order valence-electron chi connectivity index (χ1n) is 12.4. The molecule has 4 aromatic carbocycles. The average Bonchev–Trinajstić information content (AvgIpc) is 2.95. The van der Waals surface area contributed by atoms with Crippen LogP contribution in [0.15, 0.2) is 115 Å². The van der Waals surface area contributed by atoms with Crippen LogP contribution in [0.2, 0.25) is 0 Å². The fourth-order valence-electron chi connectivity index (χ4n) is 4.60. The van der Waals surface area contributed by atoms with Crippen LogP contribution in [0, 0.1) is 5.82 Å². The van der Waals surface area contributed by atoms with Crippen molar-refractivity contribution in [1.29, 1.82) is 0 Å². The zero-order valence-electron chi connectivity index (χ0n) is 20.9. The fourth-order valence-corrected chi connectivity index (χ4v) is 4.60. The van der Waals surface area contributed by atoms with Crippen molar-refractivity contribution < 1.29 is 14.0 Å². The smallest absolute Gasteiger partial charge is 0.242 e. The van der Waals surface area contributed by atoms with E-state index in [4.69, 9.17) is 0 Å². The Bertz CT molecular complexity index is 1240. The second kappa shape index (κ2) is 12.6. The highest BCUT2D eigenvalue weighted by Gasteiger charge is 2.31. The van der Waals surface area contributed by atoms with Crippen molar-refractivity contribution in [3.05, 3.63) is 143 Å². The molecule has 1 N–H and O–H groups in total.